The fourth-order valence-corrected chi connectivity index (χ4v) is 6.98. The highest BCUT2D eigenvalue weighted by atomic mass is 14.5. The molecule has 0 N–H and O–H groups in total. The van der Waals surface area contributed by atoms with E-state index in [1.165, 1.54) is 66.8 Å². The van der Waals surface area contributed by atoms with Crippen molar-refractivity contribution in [2.45, 2.75) is 38.5 Å². The molecule has 1 aliphatic carbocycles. The third-order valence-electron chi connectivity index (χ3n) is 9.35. The Morgan fingerprint density at radius 2 is 0.476 bits per heavy atom. The van der Waals surface area contributed by atoms with Crippen molar-refractivity contribution in [3.63, 3.8) is 0 Å². The van der Waals surface area contributed by atoms with Gasteiger partial charge in [-0.3, -0.25) is 0 Å². The zero-order valence-electron chi connectivity index (χ0n) is 24.9. The van der Waals surface area contributed by atoms with Crippen molar-refractivity contribution in [3.05, 3.63) is 168 Å². The van der Waals surface area contributed by atoms with E-state index in [-0.39, 0.29) is 10.8 Å². The van der Waals surface area contributed by atoms with Crippen LogP contribution in [0.25, 0.3) is 44.5 Å². The van der Waals surface area contributed by atoms with Gasteiger partial charge in [-0.25, -0.2) is 0 Å². The average Bonchev–Trinajstić information content (AvgIpc) is 3.04. The average molecular weight is 541 g/mol. The van der Waals surface area contributed by atoms with Crippen LogP contribution in [0.5, 0.6) is 0 Å². The summed E-state index contributed by atoms with van der Waals surface area (Å²) in [7, 11) is 0. The predicted octanol–water partition coefficient (Wildman–Crippen LogP) is 11.3. The summed E-state index contributed by atoms with van der Waals surface area (Å²) in [6.45, 7) is 9.64. The maximum Gasteiger partial charge on any atom is 0.0153 e. The van der Waals surface area contributed by atoms with Gasteiger partial charge < -0.3 is 0 Å². The maximum absolute atomic E-state index is 2.49. The van der Waals surface area contributed by atoms with Crippen molar-refractivity contribution in [1.29, 1.82) is 0 Å². The Kier molecular flexibility index (Phi) is 6.24. The third-order valence-corrected chi connectivity index (χ3v) is 9.35. The number of hydrogen-bond donors (Lipinski definition) is 0. The number of rotatable bonds is 4. The van der Waals surface area contributed by atoms with Crippen LogP contribution < -0.4 is 0 Å². The van der Waals surface area contributed by atoms with E-state index in [2.05, 4.69) is 173 Å². The highest BCUT2D eigenvalue weighted by Gasteiger charge is 2.43. The van der Waals surface area contributed by atoms with Crippen LogP contribution in [0, 0.1) is 0 Å². The molecule has 0 aliphatic heterocycles. The summed E-state index contributed by atoms with van der Waals surface area (Å²) in [6.07, 6.45) is 0. The van der Waals surface area contributed by atoms with E-state index >= 15 is 0 Å². The smallest absolute Gasteiger partial charge is 0.0153 e. The summed E-state index contributed by atoms with van der Waals surface area (Å²) in [4.78, 5) is 0. The monoisotopic (exact) mass is 540 g/mol. The summed E-state index contributed by atoms with van der Waals surface area (Å²) < 4.78 is 0. The molecular formula is C42H36. The second-order valence-corrected chi connectivity index (χ2v) is 12.6. The van der Waals surface area contributed by atoms with Crippen LogP contribution in [-0.2, 0) is 10.8 Å². The van der Waals surface area contributed by atoms with E-state index in [0.29, 0.717) is 0 Å². The number of hydrogen-bond acceptors (Lipinski definition) is 0. The Labute approximate surface area is 250 Å². The minimum atomic E-state index is -0.183. The zero-order chi connectivity index (χ0) is 28.9. The molecule has 0 radical (unpaired) electrons. The molecule has 0 spiro atoms. The van der Waals surface area contributed by atoms with Crippen molar-refractivity contribution < 1.29 is 0 Å². The largest absolute Gasteiger partial charge is 0.0622 e. The Morgan fingerprint density at radius 1 is 0.286 bits per heavy atom. The second kappa shape index (κ2) is 10.00. The first-order valence-corrected chi connectivity index (χ1v) is 15.0. The van der Waals surface area contributed by atoms with E-state index in [1.54, 1.807) is 0 Å². The molecule has 0 heteroatoms. The Bertz CT molecular complexity index is 1600. The predicted molar refractivity (Wildman–Crippen MR) is 179 cm³/mol. The highest BCUT2D eigenvalue weighted by Crippen LogP contribution is 2.54. The van der Waals surface area contributed by atoms with Crippen LogP contribution in [0.4, 0.5) is 0 Å². The molecule has 0 atom stereocenters. The Morgan fingerprint density at radius 3 is 0.667 bits per heavy atom. The summed E-state index contributed by atoms with van der Waals surface area (Å²) in [5.41, 5.74) is 15.4. The third kappa shape index (κ3) is 4.22. The van der Waals surface area contributed by atoms with E-state index in [0.717, 1.165) is 0 Å². The fourth-order valence-electron chi connectivity index (χ4n) is 6.98. The second-order valence-electron chi connectivity index (χ2n) is 12.6. The van der Waals surface area contributed by atoms with Crippen molar-refractivity contribution in [1.82, 2.24) is 0 Å². The lowest BCUT2D eigenvalue weighted by Crippen LogP contribution is -2.37. The van der Waals surface area contributed by atoms with E-state index in [1.807, 2.05) is 0 Å². The van der Waals surface area contributed by atoms with Crippen molar-refractivity contribution >= 4 is 0 Å². The van der Waals surface area contributed by atoms with Crippen LogP contribution in [-0.4, -0.2) is 0 Å². The molecule has 1 aliphatic rings. The van der Waals surface area contributed by atoms with Crippen LogP contribution >= 0.6 is 0 Å². The van der Waals surface area contributed by atoms with Crippen LogP contribution in [0.3, 0.4) is 0 Å². The fraction of sp³-hybridized carbons (Fsp3) is 0.143. The van der Waals surface area contributed by atoms with Gasteiger partial charge in [-0.15, -0.1) is 0 Å². The lowest BCUT2D eigenvalue weighted by atomic mass is 9.58. The van der Waals surface area contributed by atoms with Crippen molar-refractivity contribution in [2.75, 3.05) is 0 Å². The molecule has 0 heterocycles. The molecule has 0 amide bonds. The normalized spacial score (nSPS) is 14.6. The first-order chi connectivity index (χ1) is 20.4. The molecule has 0 aromatic heterocycles. The van der Waals surface area contributed by atoms with Crippen LogP contribution in [0.15, 0.2) is 146 Å². The highest BCUT2D eigenvalue weighted by molar-refractivity contribution is 5.89. The molecule has 42 heavy (non-hydrogen) atoms. The molecule has 0 saturated carbocycles. The van der Waals surface area contributed by atoms with Gasteiger partial charge in [-0.1, -0.05) is 149 Å². The summed E-state index contributed by atoms with van der Waals surface area (Å²) in [5.74, 6) is 0. The summed E-state index contributed by atoms with van der Waals surface area (Å²) in [6, 6.07) is 53.4. The van der Waals surface area contributed by atoms with Crippen LogP contribution in [0.1, 0.15) is 49.9 Å². The van der Waals surface area contributed by atoms with E-state index in [4.69, 9.17) is 0 Å². The van der Waals surface area contributed by atoms with E-state index < -0.39 is 0 Å². The van der Waals surface area contributed by atoms with Gasteiger partial charge in [-0.2, -0.15) is 0 Å². The zero-order valence-corrected chi connectivity index (χ0v) is 24.9. The molecule has 6 aromatic rings. The molecule has 0 fully saturated rings. The Hall–Kier alpha value is -4.68. The molecule has 7 rings (SSSR count). The summed E-state index contributed by atoms with van der Waals surface area (Å²) >= 11 is 0. The minimum Gasteiger partial charge on any atom is -0.0622 e. The molecule has 0 nitrogen and oxygen atoms in total. The first kappa shape index (κ1) is 26.2. The SMILES string of the molecule is CC1(C)c2cc(-c3ccccc3)c(-c3ccccc3)cc2C(C)(C)c2cc(-c3ccccc3)c(-c3ccccc3)cc21. The van der Waals surface area contributed by atoms with Gasteiger partial charge in [0.2, 0.25) is 0 Å². The van der Waals surface area contributed by atoms with Gasteiger partial charge >= 0.3 is 0 Å². The van der Waals surface area contributed by atoms with Gasteiger partial charge in [0.05, 0.1) is 0 Å². The van der Waals surface area contributed by atoms with Gasteiger partial charge in [0.1, 0.15) is 0 Å². The standard InChI is InChI=1S/C42H36/c1-41(2)37-25-33(29-17-9-5-10-18-29)35(31-21-13-7-14-22-31)27-39(37)42(3,4)40-28-36(32-23-15-8-16-24-32)34(26-38(40)41)30-19-11-6-12-20-30/h5-28H,1-4H3. The molecule has 6 aromatic carbocycles. The van der Waals surface area contributed by atoms with Gasteiger partial charge in [-0.05, 0) is 91.0 Å². The molecular weight excluding hydrogens is 504 g/mol. The van der Waals surface area contributed by atoms with Gasteiger partial charge in [0.25, 0.3) is 0 Å². The topological polar surface area (TPSA) is 0 Å². The summed E-state index contributed by atoms with van der Waals surface area (Å²) in [5, 5.41) is 0. The minimum absolute atomic E-state index is 0.183. The lowest BCUT2D eigenvalue weighted by Gasteiger charge is -2.45. The molecule has 0 bridgehead atoms. The maximum atomic E-state index is 2.49. The molecule has 0 unspecified atom stereocenters. The Balaban J connectivity index is 1.53. The number of benzene rings is 6. The first-order valence-electron chi connectivity index (χ1n) is 15.0. The lowest BCUT2D eigenvalue weighted by molar-refractivity contribution is 0.521. The van der Waals surface area contributed by atoms with Gasteiger partial charge in [0.15, 0.2) is 0 Å². The van der Waals surface area contributed by atoms with Gasteiger partial charge in [0, 0.05) is 10.8 Å². The van der Waals surface area contributed by atoms with E-state index in [9.17, 15) is 0 Å². The molecule has 0 saturated heterocycles. The quantitative estimate of drug-likeness (QED) is 0.209. The van der Waals surface area contributed by atoms with Crippen LogP contribution in [0.2, 0.25) is 0 Å². The number of fused-ring (bicyclic) bond motifs is 2. The van der Waals surface area contributed by atoms with Crippen molar-refractivity contribution in [3.8, 4) is 44.5 Å². The van der Waals surface area contributed by atoms with Crippen molar-refractivity contribution in [2.24, 2.45) is 0 Å². The molecule has 204 valence electrons.